The van der Waals surface area contributed by atoms with Gasteiger partial charge in [0.25, 0.3) is 0 Å². The van der Waals surface area contributed by atoms with Gasteiger partial charge in [0.1, 0.15) is 0 Å². The lowest BCUT2D eigenvalue weighted by Gasteiger charge is -2.31. The van der Waals surface area contributed by atoms with Gasteiger partial charge in [-0.2, -0.15) is 0 Å². The molecule has 0 aliphatic carbocycles. The van der Waals surface area contributed by atoms with Crippen molar-refractivity contribution < 1.29 is 13.2 Å². The molecular weight excluding hydrogens is 264 g/mol. The van der Waals surface area contributed by atoms with Crippen LogP contribution in [0, 0.1) is 5.92 Å². The fourth-order valence-electron chi connectivity index (χ4n) is 2.91. The molecule has 2 saturated heterocycles. The predicted octanol–water partition coefficient (Wildman–Crippen LogP) is 0.817. The SMILES string of the molecule is CN(C1CCOCC1)S(=O)(=O)CCC1CCNCC1. The number of nitrogens with zero attached hydrogens (tertiary/aromatic N) is 1. The van der Waals surface area contributed by atoms with E-state index in [0.29, 0.717) is 24.9 Å². The number of piperidine rings is 1. The first-order valence-corrected chi connectivity index (χ1v) is 8.94. The van der Waals surface area contributed by atoms with Crippen LogP contribution < -0.4 is 5.32 Å². The van der Waals surface area contributed by atoms with Crippen molar-refractivity contribution in [2.75, 3.05) is 39.1 Å². The smallest absolute Gasteiger partial charge is 0.214 e. The van der Waals surface area contributed by atoms with E-state index in [2.05, 4.69) is 5.32 Å². The average Bonchev–Trinajstić information content (AvgIpc) is 2.46. The summed E-state index contributed by atoms with van der Waals surface area (Å²) in [5.41, 5.74) is 0. The zero-order valence-electron chi connectivity index (χ0n) is 11.8. The monoisotopic (exact) mass is 290 g/mol. The Labute approximate surface area is 116 Å². The van der Waals surface area contributed by atoms with Crippen LogP contribution in [0.3, 0.4) is 0 Å². The third-order valence-corrected chi connectivity index (χ3v) is 6.31. The summed E-state index contributed by atoms with van der Waals surface area (Å²) >= 11 is 0. The molecule has 2 aliphatic heterocycles. The lowest BCUT2D eigenvalue weighted by molar-refractivity contribution is 0.0632. The summed E-state index contributed by atoms with van der Waals surface area (Å²) in [6, 6.07) is 0.131. The molecule has 1 N–H and O–H groups in total. The normalized spacial score (nSPS) is 23.9. The summed E-state index contributed by atoms with van der Waals surface area (Å²) in [4.78, 5) is 0. The summed E-state index contributed by atoms with van der Waals surface area (Å²) in [5.74, 6) is 0.866. The second-order valence-corrected chi connectivity index (χ2v) is 7.81. The minimum absolute atomic E-state index is 0.131. The first kappa shape index (κ1) is 15.2. The van der Waals surface area contributed by atoms with E-state index in [-0.39, 0.29) is 6.04 Å². The molecule has 5 nitrogen and oxygen atoms in total. The van der Waals surface area contributed by atoms with Crippen LogP contribution in [0.4, 0.5) is 0 Å². The van der Waals surface area contributed by atoms with E-state index in [4.69, 9.17) is 4.74 Å². The summed E-state index contributed by atoms with van der Waals surface area (Å²) in [6.07, 6.45) is 4.66. The molecule has 0 aromatic carbocycles. The molecule has 112 valence electrons. The highest BCUT2D eigenvalue weighted by Gasteiger charge is 2.28. The van der Waals surface area contributed by atoms with Gasteiger partial charge < -0.3 is 10.1 Å². The van der Waals surface area contributed by atoms with E-state index in [1.807, 2.05) is 0 Å². The molecule has 0 unspecified atom stereocenters. The molecular formula is C13H26N2O3S. The van der Waals surface area contributed by atoms with Crippen molar-refractivity contribution in [3.63, 3.8) is 0 Å². The largest absolute Gasteiger partial charge is 0.381 e. The van der Waals surface area contributed by atoms with Gasteiger partial charge in [0, 0.05) is 26.3 Å². The van der Waals surface area contributed by atoms with E-state index >= 15 is 0 Å². The number of sulfonamides is 1. The molecule has 0 radical (unpaired) electrons. The average molecular weight is 290 g/mol. The Kier molecular flexibility index (Phi) is 5.62. The highest BCUT2D eigenvalue weighted by molar-refractivity contribution is 7.89. The van der Waals surface area contributed by atoms with Gasteiger partial charge in [-0.1, -0.05) is 0 Å². The van der Waals surface area contributed by atoms with E-state index in [0.717, 1.165) is 45.2 Å². The standard InChI is InChI=1S/C13H26N2O3S/c1-15(13-4-9-18-10-5-13)19(16,17)11-6-12-2-7-14-8-3-12/h12-14H,2-11H2,1H3. The molecule has 0 atom stereocenters. The van der Waals surface area contributed by atoms with Crippen LogP contribution in [-0.4, -0.2) is 57.9 Å². The molecule has 2 aliphatic rings. The molecule has 0 aromatic rings. The minimum Gasteiger partial charge on any atom is -0.381 e. The molecule has 0 bridgehead atoms. The van der Waals surface area contributed by atoms with Gasteiger partial charge in [0.05, 0.1) is 5.75 Å². The Morgan fingerprint density at radius 3 is 2.42 bits per heavy atom. The van der Waals surface area contributed by atoms with Crippen molar-refractivity contribution in [2.24, 2.45) is 5.92 Å². The van der Waals surface area contributed by atoms with Crippen LogP contribution in [-0.2, 0) is 14.8 Å². The molecule has 2 heterocycles. The first-order chi connectivity index (χ1) is 9.09. The van der Waals surface area contributed by atoms with Crippen molar-refractivity contribution >= 4 is 10.0 Å². The lowest BCUT2D eigenvalue weighted by Crippen LogP contribution is -2.42. The van der Waals surface area contributed by atoms with Crippen molar-refractivity contribution in [2.45, 2.75) is 38.1 Å². The van der Waals surface area contributed by atoms with Crippen molar-refractivity contribution in [1.82, 2.24) is 9.62 Å². The third-order valence-electron chi connectivity index (χ3n) is 4.39. The topological polar surface area (TPSA) is 58.6 Å². The van der Waals surface area contributed by atoms with Gasteiger partial charge >= 0.3 is 0 Å². The van der Waals surface area contributed by atoms with Gasteiger partial charge in [0.2, 0.25) is 10.0 Å². The van der Waals surface area contributed by atoms with E-state index in [1.165, 1.54) is 0 Å². The summed E-state index contributed by atoms with van der Waals surface area (Å²) < 4.78 is 31.6. The maximum absolute atomic E-state index is 12.3. The fraction of sp³-hybridized carbons (Fsp3) is 1.00. The minimum atomic E-state index is -3.10. The molecule has 6 heteroatoms. The Morgan fingerprint density at radius 1 is 1.16 bits per heavy atom. The highest BCUT2D eigenvalue weighted by Crippen LogP contribution is 2.20. The maximum atomic E-state index is 12.3. The van der Waals surface area contributed by atoms with Gasteiger partial charge in [-0.25, -0.2) is 12.7 Å². The molecule has 2 fully saturated rings. The van der Waals surface area contributed by atoms with Gasteiger partial charge in [0.15, 0.2) is 0 Å². The zero-order valence-corrected chi connectivity index (χ0v) is 12.6. The van der Waals surface area contributed by atoms with Crippen LogP contribution in [0.25, 0.3) is 0 Å². The summed E-state index contributed by atoms with van der Waals surface area (Å²) in [5, 5.41) is 3.31. The Hall–Kier alpha value is -0.170. The van der Waals surface area contributed by atoms with E-state index in [9.17, 15) is 8.42 Å². The second-order valence-electron chi connectivity index (χ2n) is 5.66. The van der Waals surface area contributed by atoms with Crippen molar-refractivity contribution in [3.05, 3.63) is 0 Å². The number of ether oxygens (including phenoxy) is 1. The van der Waals surface area contributed by atoms with Gasteiger partial charge in [-0.15, -0.1) is 0 Å². The molecule has 0 aromatic heterocycles. The number of nitrogens with one attached hydrogen (secondary N) is 1. The van der Waals surface area contributed by atoms with E-state index in [1.54, 1.807) is 11.4 Å². The van der Waals surface area contributed by atoms with Crippen LogP contribution in [0.5, 0.6) is 0 Å². The predicted molar refractivity (Wildman–Crippen MR) is 75.6 cm³/mol. The molecule has 0 saturated carbocycles. The van der Waals surface area contributed by atoms with Gasteiger partial charge in [-0.3, -0.25) is 0 Å². The van der Waals surface area contributed by atoms with E-state index < -0.39 is 10.0 Å². The lowest BCUT2D eigenvalue weighted by atomic mass is 9.96. The van der Waals surface area contributed by atoms with Crippen molar-refractivity contribution in [1.29, 1.82) is 0 Å². The summed E-state index contributed by atoms with van der Waals surface area (Å²) in [6.45, 7) is 3.42. The Morgan fingerprint density at radius 2 is 1.79 bits per heavy atom. The van der Waals surface area contributed by atoms with Crippen LogP contribution in [0.2, 0.25) is 0 Å². The fourth-order valence-corrected chi connectivity index (χ4v) is 4.49. The molecule has 2 rings (SSSR count). The maximum Gasteiger partial charge on any atom is 0.214 e. The molecule has 19 heavy (non-hydrogen) atoms. The van der Waals surface area contributed by atoms with Crippen LogP contribution in [0.1, 0.15) is 32.1 Å². The van der Waals surface area contributed by atoms with Crippen molar-refractivity contribution in [3.8, 4) is 0 Å². The highest BCUT2D eigenvalue weighted by atomic mass is 32.2. The van der Waals surface area contributed by atoms with Crippen LogP contribution >= 0.6 is 0 Å². The number of hydrogen-bond acceptors (Lipinski definition) is 4. The second kappa shape index (κ2) is 7.02. The number of rotatable bonds is 5. The Bertz CT molecular complexity index is 360. The molecule has 0 spiro atoms. The third kappa shape index (κ3) is 4.41. The molecule has 0 amide bonds. The van der Waals surface area contributed by atoms with Gasteiger partial charge in [-0.05, 0) is 51.1 Å². The summed E-state index contributed by atoms with van der Waals surface area (Å²) in [7, 11) is -1.37. The first-order valence-electron chi connectivity index (χ1n) is 7.34. The van der Waals surface area contributed by atoms with Crippen LogP contribution in [0.15, 0.2) is 0 Å². The Balaban J connectivity index is 1.82. The quantitative estimate of drug-likeness (QED) is 0.814. The number of hydrogen-bond donors (Lipinski definition) is 1. The zero-order chi connectivity index (χ0) is 13.7.